The summed E-state index contributed by atoms with van der Waals surface area (Å²) in [5, 5.41) is 2.64. The van der Waals surface area contributed by atoms with Crippen LogP contribution >= 0.6 is 0 Å². The van der Waals surface area contributed by atoms with Crippen molar-refractivity contribution in [2.45, 2.75) is 18.3 Å². The molecule has 1 aliphatic heterocycles. The average Bonchev–Trinajstić information content (AvgIpc) is 3.26. The number of hydrogen-bond donors (Lipinski definition) is 2. The molecule has 0 unspecified atom stereocenters. The number of benzene rings is 1. The second kappa shape index (κ2) is 5.64. The summed E-state index contributed by atoms with van der Waals surface area (Å²) in [6.07, 6.45) is 5.05. The molecule has 2 aliphatic rings. The number of carbonyl (C=O) groups is 2. The fourth-order valence-electron chi connectivity index (χ4n) is 3.72. The van der Waals surface area contributed by atoms with Gasteiger partial charge in [0.15, 0.2) is 5.65 Å². The van der Waals surface area contributed by atoms with Gasteiger partial charge in [0.05, 0.1) is 12.5 Å². The highest BCUT2D eigenvalue weighted by Gasteiger charge is 2.51. The smallest absolute Gasteiger partial charge is 0.254 e. The number of carbonyl (C=O) groups excluding carboxylic acids is 2. The van der Waals surface area contributed by atoms with Crippen LogP contribution in [0.25, 0.3) is 11.2 Å². The Hall–Kier alpha value is -3.23. The zero-order chi connectivity index (χ0) is 18.6. The molecule has 9 heteroatoms. The standard InChI is InChI=1S/C18H15BN6O2/c19-10-1-2-11-12(5-10)18(3-4-18)8-25(16(11)27)7-14(26)23-17-20-6-13-15(24-17)22-9-21-13/h1-2,5-6,9H,3-4,7-8H2,(H2,20,21,22,23,24,26). The van der Waals surface area contributed by atoms with Crippen molar-refractivity contribution in [3.63, 3.8) is 0 Å². The quantitative estimate of drug-likeness (QED) is 0.655. The third-order valence-corrected chi connectivity index (χ3v) is 5.24. The summed E-state index contributed by atoms with van der Waals surface area (Å²) in [7, 11) is 5.90. The monoisotopic (exact) mass is 358 g/mol. The van der Waals surface area contributed by atoms with Gasteiger partial charge in [-0.2, -0.15) is 4.98 Å². The molecule has 2 radical (unpaired) electrons. The summed E-state index contributed by atoms with van der Waals surface area (Å²) in [6, 6.07) is 5.37. The van der Waals surface area contributed by atoms with Crippen molar-refractivity contribution in [3.8, 4) is 0 Å². The van der Waals surface area contributed by atoms with Crippen LogP contribution in [0.4, 0.5) is 5.95 Å². The second-order valence-electron chi connectivity index (χ2n) is 7.13. The zero-order valence-electron chi connectivity index (χ0n) is 14.4. The average molecular weight is 358 g/mol. The second-order valence-corrected chi connectivity index (χ2v) is 7.13. The Balaban J connectivity index is 1.35. The lowest BCUT2D eigenvalue weighted by Gasteiger charge is -2.34. The van der Waals surface area contributed by atoms with Gasteiger partial charge in [0.2, 0.25) is 11.9 Å². The number of anilines is 1. The van der Waals surface area contributed by atoms with Crippen molar-refractivity contribution < 1.29 is 9.59 Å². The molecule has 1 aliphatic carbocycles. The number of aromatic amines is 1. The lowest BCUT2D eigenvalue weighted by Crippen LogP contribution is -2.47. The van der Waals surface area contributed by atoms with E-state index in [2.05, 4.69) is 25.3 Å². The van der Waals surface area contributed by atoms with E-state index >= 15 is 0 Å². The molecule has 0 atom stereocenters. The predicted octanol–water partition coefficient (Wildman–Crippen LogP) is 0.273. The van der Waals surface area contributed by atoms with E-state index < -0.39 is 0 Å². The van der Waals surface area contributed by atoms with Crippen molar-refractivity contribution >= 4 is 42.2 Å². The molecule has 1 aromatic carbocycles. The van der Waals surface area contributed by atoms with Crippen LogP contribution in [0.5, 0.6) is 0 Å². The molecule has 0 saturated heterocycles. The molecule has 1 spiro atoms. The number of nitrogens with zero attached hydrogens (tertiary/aromatic N) is 4. The third-order valence-electron chi connectivity index (χ3n) is 5.24. The van der Waals surface area contributed by atoms with E-state index in [1.807, 2.05) is 6.07 Å². The van der Waals surface area contributed by atoms with Gasteiger partial charge in [-0.05, 0) is 24.5 Å². The highest BCUT2D eigenvalue weighted by molar-refractivity contribution is 6.32. The first-order valence-electron chi connectivity index (χ1n) is 8.69. The maximum atomic E-state index is 12.8. The SMILES string of the molecule is [B]c1ccc2c(c1)C1(CC1)CN(CC(=O)Nc1ncc3[nH]cnc3n1)C2=O. The number of aromatic nitrogens is 4. The minimum atomic E-state index is -0.340. The van der Waals surface area contributed by atoms with E-state index in [1.54, 1.807) is 23.2 Å². The van der Waals surface area contributed by atoms with E-state index in [1.165, 1.54) is 6.33 Å². The Labute approximate surface area is 155 Å². The first-order valence-corrected chi connectivity index (χ1v) is 8.69. The number of hydrogen-bond acceptors (Lipinski definition) is 5. The Bertz CT molecular complexity index is 1090. The third kappa shape index (κ3) is 2.66. The molecule has 3 aromatic rings. The number of fused-ring (bicyclic) bond motifs is 3. The van der Waals surface area contributed by atoms with E-state index in [0.717, 1.165) is 18.4 Å². The minimum absolute atomic E-state index is 0.0492. The van der Waals surface area contributed by atoms with Crippen molar-refractivity contribution in [1.82, 2.24) is 24.8 Å². The Morgan fingerprint density at radius 3 is 3.00 bits per heavy atom. The first-order chi connectivity index (χ1) is 13.0. The largest absolute Gasteiger partial charge is 0.342 e. The highest BCUT2D eigenvalue weighted by Crippen LogP contribution is 2.51. The van der Waals surface area contributed by atoms with Gasteiger partial charge in [-0.15, -0.1) is 0 Å². The summed E-state index contributed by atoms with van der Waals surface area (Å²) in [5.74, 6) is -0.326. The number of nitrogens with one attached hydrogen (secondary N) is 2. The van der Waals surface area contributed by atoms with Crippen LogP contribution in [0.1, 0.15) is 28.8 Å². The number of imidazole rings is 1. The van der Waals surface area contributed by atoms with Gasteiger partial charge in [-0.3, -0.25) is 14.9 Å². The lowest BCUT2D eigenvalue weighted by atomic mass is 9.82. The summed E-state index contributed by atoms with van der Waals surface area (Å²) < 4.78 is 0. The molecule has 1 fully saturated rings. The van der Waals surface area contributed by atoms with Gasteiger partial charge in [0, 0.05) is 17.5 Å². The van der Waals surface area contributed by atoms with Crippen LogP contribution in [-0.4, -0.2) is 57.6 Å². The van der Waals surface area contributed by atoms with Crippen LogP contribution in [-0.2, 0) is 10.2 Å². The zero-order valence-corrected chi connectivity index (χ0v) is 14.4. The topological polar surface area (TPSA) is 104 Å². The molecule has 2 amide bonds. The summed E-state index contributed by atoms with van der Waals surface area (Å²) >= 11 is 0. The summed E-state index contributed by atoms with van der Waals surface area (Å²) in [5.41, 5.74) is 3.39. The summed E-state index contributed by atoms with van der Waals surface area (Å²) in [4.78, 5) is 42.1. The van der Waals surface area contributed by atoms with Crippen LogP contribution < -0.4 is 10.8 Å². The molecule has 27 heavy (non-hydrogen) atoms. The van der Waals surface area contributed by atoms with Crippen molar-refractivity contribution in [2.24, 2.45) is 0 Å². The Kier molecular flexibility index (Phi) is 3.34. The van der Waals surface area contributed by atoms with Crippen molar-refractivity contribution in [1.29, 1.82) is 0 Å². The predicted molar refractivity (Wildman–Crippen MR) is 99.0 cm³/mol. The Morgan fingerprint density at radius 1 is 1.33 bits per heavy atom. The maximum Gasteiger partial charge on any atom is 0.254 e. The molecule has 8 nitrogen and oxygen atoms in total. The van der Waals surface area contributed by atoms with Crippen LogP contribution in [0.3, 0.4) is 0 Å². The summed E-state index contributed by atoms with van der Waals surface area (Å²) in [6.45, 7) is 0.474. The van der Waals surface area contributed by atoms with Gasteiger partial charge in [-0.25, -0.2) is 9.97 Å². The molecule has 132 valence electrons. The minimum Gasteiger partial charge on any atom is -0.342 e. The Morgan fingerprint density at radius 2 is 2.19 bits per heavy atom. The maximum absolute atomic E-state index is 12.8. The van der Waals surface area contributed by atoms with E-state index in [9.17, 15) is 9.59 Å². The van der Waals surface area contributed by atoms with E-state index in [0.29, 0.717) is 28.7 Å². The fraction of sp³-hybridized carbons (Fsp3) is 0.278. The van der Waals surface area contributed by atoms with Crippen molar-refractivity contribution in [2.75, 3.05) is 18.4 Å². The fourth-order valence-corrected chi connectivity index (χ4v) is 3.72. The number of amides is 2. The van der Waals surface area contributed by atoms with Gasteiger partial charge in [0.1, 0.15) is 19.9 Å². The van der Waals surface area contributed by atoms with E-state index in [4.69, 9.17) is 7.85 Å². The van der Waals surface area contributed by atoms with Crippen LogP contribution in [0.2, 0.25) is 0 Å². The van der Waals surface area contributed by atoms with Gasteiger partial charge in [0.25, 0.3) is 5.91 Å². The van der Waals surface area contributed by atoms with Gasteiger partial charge < -0.3 is 9.88 Å². The van der Waals surface area contributed by atoms with Crippen molar-refractivity contribution in [3.05, 3.63) is 41.9 Å². The lowest BCUT2D eigenvalue weighted by molar-refractivity contribution is -0.117. The van der Waals surface area contributed by atoms with Gasteiger partial charge in [-0.1, -0.05) is 17.6 Å². The van der Waals surface area contributed by atoms with Crippen LogP contribution in [0, 0.1) is 0 Å². The molecule has 2 N–H and O–H groups in total. The molecule has 0 bridgehead atoms. The molecule has 5 rings (SSSR count). The molecular weight excluding hydrogens is 343 g/mol. The molecule has 2 aromatic heterocycles. The number of rotatable bonds is 3. The number of H-pyrrole nitrogens is 1. The molecule has 3 heterocycles. The molecular formula is C18H15BN6O2. The van der Waals surface area contributed by atoms with Gasteiger partial charge >= 0.3 is 0 Å². The normalized spacial score (nSPS) is 17.2. The van der Waals surface area contributed by atoms with Crippen LogP contribution in [0.15, 0.2) is 30.7 Å². The highest BCUT2D eigenvalue weighted by atomic mass is 16.2. The van der Waals surface area contributed by atoms with E-state index in [-0.39, 0.29) is 29.7 Å². The first kappa shape index (κ1) is 16.0. The molecule has 1 saturated carbocycles.